The number of nitrogens with zero attached hydrogens (tertiary/aromatic N) is 3. The van der Waals surface area contributed by atoms with Crippen molar-refractivity contribution in [2.45, 2.75) is 0 Å². The van der Waals surface area contributed by atoms with E-state index < -0.39 is 0 Å². The summed E-state index contributed by atoms with van der Waals surface area (Å²) >= 11 is 0. The van der Waals surface area contributed by atoms with Crippen molar-refractivity contribution in [3.8, 4) is 0 Å². The molecule has 0 atom stereocenters. The molecule has 2 aromatic heterocycles. The number of carbonyl (C=O) groups excluding carboxylic acids is 1. The fourth-order valence-electron chi connectivity index (χ4n) is 1.20. The molecule has 0 saturated carbocycles. The van der Waals surface area contributed by atoms with Gasteiger partial charge in [0.15, 0.2) is 5.69 Å². The summed E-state index contributed by atoms with van der Waals surface area (Å²) in [6, 6.07) is 8.54. The molecular weight excluding hydrogens is 218 g/mol. The highest BCUT2D eigenvalue weighted by Crippen LogP contribution is 2.05. The molecule has 0 radical (unpaired) electrons. The molecule has 2 aromatic rings. The third-order valence-corrected chi connectivity index (χ3v) is 2.06. The van der Waals surface area contributed by atoms with Gasteiger partial charge in [0, 0.05) is 13.2 Å². The number of pyridine rings is 1. The van der Waals surface area contributed by atoms with Crippen molar-refractivity contribution in [1.82, 2.24) is 15.2 Å². The number of anilines is 2. The van der Waals surface area contributed by atoms with E-state index in [2.05, 4.69) is 25.8 Å². The number of rotatable bonds is 3. The summed E-state index contributed by atoms with van der Waals surface area (Å²) in [4.78, 5) is 15.7. The topological polar surface area (TPSA) is 79.8 Å². The highest BCUT2D eigenvalue weighted by atomic mass is 16.2. The van der Waals surface area contributed by atoms with Crippen LogP contribution in [0.4, 0.5) is 11.6 Å². The van der Waals surface area contributed by atoms with Gasteiger partial charge in [0.2, 0.25) is 0 Å². The molecule has 0 bridgehead atoms. The second-order valence-corrected chi connectivity index (χ2v) is 3.22. The molecule has 0 aliphatic rings. The smallest absolute Gasteiger partial charge is 0.277 e. The molecule has 17 heavy (non-hydrogen) atoms. The van der Waals surface area contributed by atoms with Crippen molar-refractivity contribution in [2.24, 2.45) is 0 Å². The van der Waals surface area contributed by atoms with Gasteiger partial charge in [0.25, 0.3) is 5.91 Å². The molecular formula is C11H11N5O. The molecule has 0 aliphatic carbocycles. The van der Waals surface area contributed by atoms with Gasteiger partial charge in [0.05, 0.1) is 0 Å². The van der Waals surface area contributed by atoms with Gasteiger partial charge < -0.3 is 10.6 Å². The third-order valence-electron chi connectivity index (χ3n) is 2.06. The number of aromatic nitrogens is 3. The van der Waals surface area contributed by atoms with Gasteiger partial charge in [-0.2, -0.15) is 0 Å². The molecule has 2 rings (SSSR count). The number of carbonyl (C=O) groups is 1. The number of amides is 1. The molecule has 0 saturated heterocycles. The lowest BCUT2D eigenvalue weighted by Gasteiger charge is -2.03. The minimum Gasteiger partial charge on any atom is -0.372 e. The highest BCUT2D eigenvalue weighted by Gasteiger charge is 2.08. The molecule has 1 amide bonds. The largest absolute Gasteiger partial charge is 0.372 e. The third kappa shape index (κ3) is 2.75. The van der Waals surface area contributed by atoms with Crippen LogP contribution >= 0.6 is 0 Å². The van der Waals surface area contributed by atoms with E-state index >= 15 is 0 Å². The van der Waals surface area contributed by atoms with E-state index in [0.29, 0.717) is 11.6 Å². The molecule has 0 aliphatic heterocycles. The molecule has 2 heterocycles. The number of nitrogens with one attached hydrogen (secondary N) is 2. The maximum Gasteiger partial charge on any atom is 0.277 e. The van der Waals surface area contributed by atoms with Gasteiger partial charge in [-0.25, -0.2) is 4.98 Å². The molecule has 0 fully saturated rings. The summed E-state index contributed by atoms with van der Waals surface area (Å²) < 4.78 is 0. The van der Waals surface area contributed by atoms with Gasteiger partial charge in [-0.05, 0) is 24.3 Å². The number of hydrogen-bond donors (Lipinski definition) is 2. The van der Waals surface area contributed by atoms with E-state index in [1.54, 1.807) is 43.6 Å². The minimum atomic E-state index is -0.334. The zero-order chi connectivity index (χ0) is 12.1. The lowest BCUT2D eigenvalue weighted by molar-refractivity contribution is 0.102. The summed E-state index contributed by atoms with van der Waals surface area (Å²) in [7, 11) is 1.73. The van der Waals surface area contributed by atoms with Crippen molar-refractivity contribution in [1.29, 1.82) is 0 Å². The van der Waals surface area contributed by atoms with Crippen LogP contribution in [-0.4, -0.2) is 28.1 Å². The van der Waals surface area contributed by atoms with Crippen molar-refractivity contribution in [3.63, 3.8) is 0 Å². The Morgan fingerprint density at radius 3 is 2.59 bits per heavy atom. The lowest BCUT2D eigenvalue weighted by atomic mass is 10.3. The van der Waals surface area contributed by atoms with Crippen LogP contribution in [0, 0.1) is 0 Å². The molecule has 6 heteroatoms. The Bertz CT molecular complexity index is 497. The predicted octanol–water partition coefficient (Wildman–Crippen LogP) is 1.17. The summed E-state index contributed by atoms with van der Waals surface area (Å²) in [5.74, 6) is 0.759. The van der Waals surface area contributed by atoms with E-state index in [9.17, 15) is 4.79 Å². The Hall–Kier alpha value is -2.50. The zero-order valence-electron chi connectivity index (χ0n) is 9.21. The van der Waals surface area contributed by atoms with E-state index in [0.717, 1.165) is 0 Å². The Morgan fingerprint density at radius 2 is 2.00 bits per heavy atom. The van der Waals surface area contributed by atoms with Crippen molar-refractivity contribution in [2.75, 3.05) is 17.7 Å². The number of hydrogen-bond acceptors (Lipinski definition) is 5. The first-order chi connectivity index (χ1) is 8.29. The molecule has 6 nitrogen and oxygen atoms in total. The minimum absolute atomic E-state index is 0.245. The predicted molar refractivity (Wildman–Crippen MR) is 63.8 cm³/mol. The standard InChI is InChI=1S/C11H11N5O/c1-12-9-6-5-8(15-16-9)11(17)14-10-4-2-3-7-13-10/h2-7H,1H3,(H,12,16)(H,13,14,17). The fraction of sp³-hybridized carbons (Fsp3) is 0.0909. The quantitative estimate of drug-likeness (QED) is 0.825. The van der Waals surface area contributed by atoms with E-state index in [1.807, 2.05) is 0 Å². The fourth-order valence-corrected chi connectivity index (χ4v) is 1.20. The average molecular weight is 229 g/mol. The summed E-state index contributed by atoms with van der Waals surface area (Å²) in [5, 5.41) is 13.1. The Balaban J connectivity index is 2.09. The maximum absolute atomic E-state index is 11.7. The zero-order valence-corrected chi connectivity index (χ0v) is 9.21. The first kappa shape index (κ1) is 11.0. The lowest BCUT2D eigenvalue weighted by Crippen LogP contribution is -2.15. The average Bonchev–Trinajstić information content (AvgIpc) is 2.40. The van der Waals surface area contributed by atoms with Gasteiger partial charge in [-0.15, -0.1) is 10.2 Å². The van der Waals surface area contributed by atoms with Gasteiger partial charge in [-0.1, -0.05) is 6.07 Å². The molecule has 2 N–H and O–H groups in total. The van der Waals surface area contributed by atoms with E-state index in [1.165, 1.54) is 0 Å². The van der Waals surface area contributed by atoms with Crippen LogP contribution in [0.1, 0.15) is 10.5 Å². The van der Waals surface area contributed by atoms with Gasteiger partial charge >= 0.3 is 0 Å². The highest BCUT2D eigenvalue weighted by molar-refractivity contribution is 6.02. The van der Waals surface area contributed by atoms with Crippen molar-refractivity contribution in [3.05, 3.63) is 42.2 Å². The maximum atomic E-state index is 11.7. The first-order valence-electron chi connectivity index (χ1n) is 5.03. The van der Waals surface area contributed by atoms with Crippen LogP contribution < -0.4 is 10.6 Å². The van der Waals surface area contributed by atoms with Crippen LogP contribution in [0.2, 0.25) is 0 Å². The summed E-state index contributed by atoms with van der Waals surface area (Å²) in [6.45, 7) is 0. The second kappa shape index (κ2) is 5.02. The first-order valence-corrected chi connectivity index (χ1v) is 5.03. The van der Waals surface area contributed by atoms with E-state index in [4.69, 9.17) is 0 Å². The normalized spacial score (nSPS) is 9.71. The Morgan fingerprint density at radius 1 is 1.12 bits per heavy atom. The van der Waals surface area contributed by atoms with Crippen molar-refractivity contribution >= 4 is 17.5 Å². The molecule has 0 unspecified atom stereocenters. The summed E-state index contributed by atoms with van der Waals surface area (Å²) in [5.41, 5.74) is 0.245. The van der Waals surface area contributed by atoms with Crippen LogP contribution in [0.5, 0.6) is 0 Å². The SMILES string of the molecule is CNc1ccc(C(=O)Nc2ccccn2)nn1. The van der Waals surface area contributed by atoms with Crippen LogP contribution in [0.25, 0.3) is 0 Å². The Kier molecular flexibility index (Phi) is 3.25. The summed E-state index contributed by atoms with van der Waals surface area (Å²) in [6.07, 6.45) is 1.60. The molecule has 86 valence electrons. The van der Waals surface area contributed by atoms with Gasteiger partial charge in [-0.3, -0.25) is 4.79 Å². The molecule has 0 aromatic carbocycles. The van der Waals surface area contributed by atoms with Gasteiger partial charge in [0.1, 0.15) is 11.6 Å². The van der Waals surface area contributed by atoms with Crippen LogP contribution in [-0.2, 0) is 0 Å². The van der Waals surface area contributed by atoms with E-state index in [-0.39, 0.29) is 11.6 Å². The molecule has 0 spiro atoms. The van der Waals surface area contributed by atoms with Crippen LogP contribution in [0.15, 0.2) is 36.5 Å². The second-order valence-electron chi connectivity index (χ2n) is 3.22. The Labute approximate surface area is 98.1 Å². The van der Waals surface area contributed by atoms with Crippen molar-refractivity contribution < 1.29 is 4.79 Å². The monoisotopic (exact) mass is 229 g/mol. The van der Waals surface area contributed by atoms with Crippen LogP contribution in [0.3, 0.4) is 0 Å².